The Morgan fingerprint density at radius 3 is 3.07 bits per heavy atom. The number of nitrogens with one attached hydrogen (secondary N) is 1. The lowest BCUT2D eigenvalue weighted by atomic mass is 10.1. The van der Waals surface area contributed by atoms with Crippen LogP contribution < -0.4 is 5.32 Å². The van der Waals surface area contributed by atoms with Gasteiger partial charge in [0.1, 0.15) is 11.3 Å². The van der Waals surface area contributed by atoms with Gasteiger partial charge >= 0.3 is 6.03 Å². The van der Waals surface area contributed by atoms with Gasteiger partial charge in [-0.2, -0.15) is 0 Å². The molecule has 0 radical (unpaired) electrons. The lowest BCUT2D eigenvalue weighted by Gasteiger charge is -2.19. The molecule has 3 heterocycles. The fraction of sp³-hybridized carbons (Fsp3) is 0.381. The number of benzene rings is 1. The first-order valence-corrected chi connectivity index (χ1v) is 10.1. The number of carbonyl (C=O) groups excluding carboxylic acids is 1. The molecule has 2 aromatic heterocycles. The Morgan fingerprint density at radius 1 is 1.38 bits per heavy atom. The zero-order chi connectivity index (χ0) is 20.4. The SMILES string of the molecule is COCCn1c([C@@H]2CCN(C(=O)Nc3cc(Cl)ccc3C)C2)nc2cccnc21. The van der Waals surface area contributed by atoms with Crippen LogP contribution in [-0.4, -0.2) is 52.3 Å². The maximum atomic E-state index is 12.8. The highest BCUT2D eigenvalue weighted by Crippen LogP contribution is 2.30. The van der Waals surface area contributed by atoms with Gasteiger partial charge in [0.2, 0.25) is 0 Å². The van der Waals surface area contributed by atoms with Crippen LogP contribution >= 0.6 is 11.6 Å². The predicted octanol–water partition coefficient (Wildman–Crippen LogP) is 4.06. The lowest BCUT2D eigenvalue weighted by Crippen LogP contribution is -2.33. The van der Waals surface area contributed by atoms with Gasteiger partial charge in [-0.05, 0) is 43.2 Å². The number of halogens is 1. The number of fused-ring (bicyclic) bond motifs is 1. The van der Waals surface area contributed by atoms with E-state index in [9.17, 15) is 4.79 Å². The number of hydrogen-bond acceptors (Lipinski definition) is 4. The van der Waals surface area contributed by atoms with E-state index < -0.39 is 0 Å². The zero-order valence-electron chi connectivity index (χ0n) is 16.6. The number of hydrogen-bond donors (Lipinski definition) is 1. The minimum absolute atomic E-state index is 0.115. The summed E-state index contributed by atoms with van der Waals surface area (Å²) in [6.07, 6.45) is 2.64. The van der Waals surface area contributed by atoms with Crippen molar-refractivity contribution in [3.8, 4) is 0 Å². The number of ether oxygens (including phenoxy) is 1. The van der Waals surface area contributed by atoms with E-state index in [1.54, 1.807) is 19.4 Å². The summed E-state index contributed by atoms with van der Waals surface area (Å²) in [5.74, 6) is 1.12. The lowest BCUT2D eigenvalue weighted by molar-refractivity contribution is 0.186. The molecule has 0 aliphatic carbocycles. The van der Waals surface area contributed by atoms with Crippen molar-refractivity contribution < 1.29 is 9.53 Å². The summed E-state index contributed by atoms with van der Waals surface area (Å²) in [4.78, 5) is 23.9. The summed E-state index contributed by atoms with van der Waals surface area (Å²) in [5.41, 5.74) is 3.45. The third-order valence-corrected chi connectivity index (χ3v) is 5.57. The Bertz CT molecular complexity index is 1040. The van der Waals surface area contributed by atoms with E-state index in [0.717, 1.165) is 34.7 Å². The Labute approximate surface area is 174 Å². The topological polar surface area (TPSA) is 72.3 Å². The monoisotopic (exact) mass is 413 g/mol. The summed E-state index contributed by atoms with van der Waals surface area (Å²) in [6, 6.07) is 9.23. The molecule has 3 aromatic rings. The molecule has 4 rings (SSSR count). The smallest absolute Gasteiger partial charge is 0.321 e. The average molecular weight is 414 g/mol. The minimum atomic E-state index is -0.115. The highest BCUT2D eigenvalue weighted by molar-refractivity contribution is 6.31. The normalized spacial score (nSPS) is 16.5. The Morgan fingerprint density at radius 2 is 2.24 bits per heavy atom. The van der Waals surface area contributed by atoms with Crippen molar-refractivity contribution >= 4 is 34.5 Å². The number of methoxy groups -OCH3 is 1. The third kappa shape index (κ3) is 4.06. The van der Waals surface area contributed by atoms with E-state index in [1.165, 1.54) is 0 Å². The van der Waals surface area contributed by atoms with Gasteiger partial charge in [-0.1, -0.05) is 17.7 Å². The number of rotatable bonds is 5. The molecule has 1 aliphatic heterocycles. The molecule has 0 spiro atoms. The van der Waals surface area contributed by atoms with Gasteiger partial charge in [-0.3, -0.25) is 0 Å². The molecule has 1 saturated heterocycles. The van der Waals surface area contributed by atoms with Crippen LogP contribution in [0, 0.1) is 6.92 Å². The van der Waals surface area contributed by atoms with Crippen LogP contribution in [0.4, 0.5) is 10.5 Å². The van der Waals surface area contributed by atoms with Crippen LogP contribution in [0.25, 0.3) is 11.2 Å². The van der Waals surface area contributed by atoms with Gasteiger partial charge in [0.15, 0.2) is 5.65 Å². The molecular weight excluding hydrogens is 390 g/mol. The third-order valence-electron chi connectivity index (χ3n) is 5.33. The number of aryl methyl sites for hydroxylation is 1. The first-order valence-electron chi connectivity index (χ1n) is 9.69. The van der Waals surface area contributed by atoms with E-state index in [4.69, 9.17) is 21.3 Å². The number of carbonyl (C=O) groups is 1. The van der Waals surface area contributed by atoms with Crippen LogP contribution in [0.3, 0.4) is 0 Å². The van der Waals surface area contributed by atoms with Gasteiger partial charge in [0, 0.05) is 49.6 Å². The number of aromatic nitrogens is 3. The number of anilines is 1. The Hall–Kier alpha value is -2.64. The first-order chi connectivity index (χ1) is 14.1. The van der Waals surface area contributed by atoms with Crippen LogP contribution in [0.1, 0.15) is 23.7 Å². The second kappa shape index (κ2) is 8.39. The molecule has 7 nitrogen and oxygen atoms in total. The van der Waals surface area contributed by atoms with Crippen molar-refractivity contribution in [2.45, 2.75) is 25.8 Å². The Balaban J connectivity index is 1.52. The second-order valence-electron chi connectivity index (χ2n) is 7.28. The fourth-order valence-electron chi connectivity index (χ4n) is 3.77. The van der Waals surface area contributed by atoms with E-state index in [1.807, 2.05) is 36.1 Å². The molecule has 1 fully saturated rings. The molecule has 2 amide bonds. The highest BCUT2D eigenvalue weighted by Gasteiger charge is 2.31. The molecular formula is C21H24ClN5O2. The summed E-state index contributed by atoms with van der Waals surface area (Å²) in [5, 5.41) is 3.58. The molecule has 1 aliphatic rings. The number of amides is 2. The molecule has 8 heteroatoms. The molecule has 0 bridgehead atoms. The van der Waals surface area contributed by atoms with E-state index >= 15 is 0 Å². The number of pyridine rings is 1. The summed E-state index contributed by atoms with van der Waals surface area (Å²) < 4.78 is 7.38. The predicted molar refractivity (Wildman–Crippen MR) is 114 cm³/mol. The van der Waals surface area contributed by atoms with Crippen molar-refractivity contribution in [3.05, 3.63) is 52.9 Å². The zero-order valence-corrected chi connectivity index (χ0v) is 17.3. The van der Waals surface area contributed by atoms with Crippen molar-refractivity contribution in [2.24, 2.45) is 0 Å². The van der Waals surface area contributed by atoms with Gasteiger partial charge in [0.25, 0.3) is 0 Å². The molecule has 152 valence electrons. The van der Waals surface area contributed by atoms with Crippen LogP contribution in [0.2, 0.25) is 5.02 Å². The van der Waals surface area contributed by atoms with Crippen LogP contribution in [-0.2, 0) is 11.3 Å². The van der Waals surface area contributed by atoms with E-state index in [2.05, 4.69) is 14.9 Å². The Kier molecular flexibility index (Phi) is 5.69. The van der Waals surface area contributed by atoms with Crippen LogP contribution in [0.5, 0.6) is 0 Å². The maximum Gasteiger partial charge on any atom is 0.321 e. The second-order valence-corrected chi connectivity index (χ2v) is 7.72. The fourth-order valence-corrected chi connectivity index (χ4v) is 3.94. The standard InChI is InChI=1S/C21H24ClN5O2/c1-14-5-6-16(22)12-18(14)25-21(28)26-9-7-15(13-26)19-24-17-4-3-8-23-20(17)27(19)10-11-29-2/h3-6,8,12,15H,7,9-11,13H2,1-2H3,(H,25,28)/t15-/m1/s1. The van der Waals surface area contributed by atoms with E-state index in [-0.39, 0.29) is 11.9 Å². The van der Waals surface area contributed by atoms with Crippen molar-refractivity contribution in [1.82, 2.24) is 19.4 Å². The minimum Gasteiger partial charge on any atom is -0.383 e. The van der Waals surface area contributed by atoms with Gasteiger partial charge in [-0.25, -0.2) is 14.8 Å². The van der Waals surface area contributed by atoms with Crippen molar-refractivity contribution in [2.75, 3.05) is 32.1 Å². The largest absolute Gasteiger partial charge is 0.383 e. The highest BCUT2D eigenvalue weighted by atomic mass is 35.5. The van der Waals surface area contributed by atoms with E-state index in [0.29, 0.717) is 31.3 Å². The van der Waals surface area contributed by atoms with Gasteiger partial charge < -0.3 is 19.5 Å². The summed E-state index contributed by atoms with van der Waals surface area (Å²) in [6.45, 7) is 4.51. The number of imidazole rings is 1. The van der Waals surface area contributed by atoms with Gasteiger partial charge in [0.05, 0.1) is 6.61 Å². The van der Waals surface area contributed by atoms with Gasteiger partial charge in [-0.15, -0.1) is 0 Å². The molecule has 29 heavy (non-hydrogen) atoms. The quantitative estimate of drug-likeness (QED) is 0.684. The van der Waals surface area contributed by atoms with Crippen molar-refractivity contribution in [3.63, 3.8) is 0 Å². The molecule has 0 saturated carbocycles. The number of urea groups is 1. The maximum absolute atomic E-state index is 12.8. The molecule has 0 unspecified atom stereocenters. The number of nitrogens with zero attached hydrogens (tertiary/aromatic N) is 4. The van der Waals surface area contributed by atoms with Crippen LogP contribution in [0.15, 0.2) is 36.5 Å². The molecule has 1 N–H and O–H groups in total. The first kappa shape index (κ1) is 19.7. The average Bonchev–Trinajstić information content (AvgIpc) is 3.34. The summed E-state index contributed by atoms with van der Waals surface area (Å²) >= 11 is 6.07. The number of likely N-dealkylation sites (tertiary alicyclic amines) is 1. The van der Waals surface area contributed by atoms with Crippen molar-refractivity contribution in [1.29, 1.82) is 0 Å². The summed E-state index contributed by atoms with van der Waals surface area (Å²) in [7, 11) is 1.69. The molecule has 1 atom stereocenters. The molecule has 1 aromatic carbocycles.